The van der Waals surface area contributed by atoms with Crippen LogP contribution >= 0.6 is 11.8 Å². The Balaban J connectivity index is 1.67. The molecule has 0 bridgehead atoms. The summed E-state index contributed by atoms with van der Waals surface area (Å²) >= 11 is 1.66. The molecule has 120 valence electrons. The van der Waals surface area contributed by atoms with Gasteiger partial charge in [-0.3, -0.25) is 0 Å². The number of rotatable bonds is 4. The Bertz CT molecular complexity index is 679. The first kappa shape index (κ1) is 15.8. The van der Waals surface area contributed by atoms with Crippen LogP contribution in [0.2, 0.25) is 0 Å². The van der Waals surface area contributed by atoms with Crippen molar-refractivity contribution in [3.8, 4) is 0 Å². The lowest BCUT2D eigenvalue weighted by molar-refractivity contribution is 0.102. The SMILES string of the molecule is CCOC(=O)N1CCc2nnc(SCc3ccccc3)cc2C1. The molecule has 2 heterocycles. The van der Waals surface area contributed by atoms with Gasteiger partial charge in [0.2, 0.25) is 0 Å². The van der Waals surface area contributed by atoms with Crippen molar-refractivity contribution >= 4 is 17.9 Å². The molecular weight excluding hydrogens is 310 g/mol. The lowest BCUT2D eigenvalue weighted by atomic mass is 10.1. The molecule has 5 nitrogen and oxygen atoms in total. The van der Waals surface area contributed by atoms with E-state index in [9.17, 15) is 4.79 Å². The van der Waals surface area contributed by atoms with Gasteiger partial charge in [0.1, 0.15) is 5.03 Å². The topological polar surface area (TPSA) is 55.3 Å². The highest BCUT2D eigenvalue weighted by Gasteiger charge is 2.23. The third-order valence-electron chi connectivity index (χ3n) is 3.67. The van der Waals surface area contributed by atoms with Gasteiger partial charge in [-0.15, -0.1) is 5.10 Å². The molecule has 0 saturated carbocycles. The van der Waals surface area contributed by atoms with E-state index in [0.29, 0.717) is 19.7 Å². The maximum atomic E-state index is 11.9. The summed E-state index contributed by atoms with van der Waals surface area (Å²) in [6.45, 7) is 3.40. The fourth-order valence-corrected chi connectivity index (χ4v) is 3.31. The number of carbonyl (C=O) groups is 1. The summed E-state index contributed by atoms with van der Waals surface area (Å²) < 4.78 is 5.08. The minimum absolute atomic E-state index is 0.256. The summed E-state index contributed by atoms with van der Waals surface area (Å²) in [4.78, 5) is 13.6. The Morgan fingerprint density at radius 1 is 1.30 bits per heavy atom. The molecule has 0 aliphatic carbocycles. The Kier molecular flexibility index (Phi) is 5.12. The second kappa shape index (κ2) is 7.46. The zero-order chi connectivity index (χ0) is 16.1. The number of benzene rings is 1. The van der Waals surface area contributed by atoms with E-state index in [4.69, 9.17) is 4.74 Å². The standard InChI is InChI=1S/C17H19N3O2S/c1-2-22-17(21)20-9-8-15-14(11-20)10-16(19-18-15)23-12-13-6-4-3-5-7-13/h3-7,10H,2,8-9,11-12H2,1H3. The fourth-order valence-electron chi connectivity index (χ4n) is 2.48. The molecule has 3 rings (SSSR count). The van der Waals surface area contributed by atoms with Gasteiger partial charge >= 0.3 is 6.09 Å². The first-order chi connectivity index (χ1) is 11.3. The molecule has 6 heteroatoms. The molecule has 1 aromatic heterocycles. The monoisotopic (exact) mass is 329 g/mol. The molecule has 1 aromatic carbocycles. The smallest absolute Gasteiger partial charge is 0.410 e. The summed E-state index contributed by atoms with van der Waals surface area (Å²) in [5, 5.41) is 9.50. The lowest BCUT2D eigenvalue weighted by Gasteiger charge is -2.27. The van der Waals surface area contributed by atoms with Gasteiger partial charge in [-0.25, -0.2) is 4.79 Å². The maximum Gasteiger partial charge on any atom is 0.410 e. The van der Waals surface area contributed by atoms with E-state index in [0.717, 1.165) is 28.5 Å². The Morgan fingerprint density at radius 2 is 2.13 bits per heavy atom. The Labute approximate surface area is 140 Å². The number of aromatic nitrogens is 2. The molecule has 1 aliphatic heterocycles. The normalized spacial score (nSPS) is 13.5. The van der Waals surface area contributed by atoms with Gasteiger partial charge in [-0.05, 0) is 24.1 Å². The Morgan fingerprint density at radius 3 is 2.91 bits per heavy atom. The number of hydrogen-bond acceptors (Lipinski definition) is 5. The van der Waals surface area contributed by atoms with Gasteiger partial charge in [0.25, 0.3) is 0 Å². The number of hydrogen-bond donors (Lipinski definition) is 0. The third-order valence-corrected chi connectivity index (χ3v) is 4.65. The van der Waals surface area contributed by atoms with E-state index >= 15 is 0 Å². The summed E-state index contributed by atoms with van der Waals surface area (Å²) in [5.74, 6) is 0.857. The first-order valence-electron chi connectivity index (χ1n) is 7.70. The largest absolute Gasteiger partial charge is 0.450 e. The van der Waals surface area contributed by atoms with Gasteiger partial charge in [-0.2, -0.15) is 5.10 Å². The molecular formula is C17H19N3O2S. The Hall–Kier alpha value is -2.08. The molecule has 0 saturated heterocycles. The van der Waals surface area contributed by atoms with Crippen LogP contribution in [0.15, 0.2) is 41.4 Å². The van der Waals surface area contributed by atoms with Crippen LogP contribution < -0.4 is 0 Å². The van der Waals surface area contributed by atoms with Crippen LogP contribution in [0.25, 0.3) is 0 Å². The van der Waals surface area contributed by atoms with Crippen LogP contribution in [-0.2, 0) is 23.5 Å². The zero-order valence-corrected chi connectivity index (χ0v) is 13.9. The van der Waals surface area contributed by atoms with Crippen molar-refractivity contribution in [1.29, 1.82) is 0 Å². The molecule has 0 N–H and O–H groups in total. The quantitative estimate of drug-likeness (QED) is 0.806. The zero-order valence-electron chi connectivity index (χ0n) is 13.1. The van der Waals surface area contributed by atoms with Crippen molar-refractivity contribution in [2.24, 2.45) is 0 Å². The van der Waals surface area contributed by atoms with Crippen LogP contribution in [0.5, 0.6) is 0 Å². The van der Waals surface area contributed by atoms with Crippen molar-refractivity contribution in [3.63, 3.8) is 0 Å². The van der Waals surface area contributed by atoms with Crippen LogP contribution in [-0.4, -0.2) is 34.3 Å². The molecule has 2 aromatic rings. The molecule has 1 amide bonds. The van der Waals surface area contributed by atoms with E-state index < -0.39 is 0 Å². The maximum absolute atomic E-state index is 11.9. The van der Waals surface area contributed by atoms with Crippen molar-refractivity contribution in [1.82, 2.24) is 15.1 Å². The molecule has 0 atom stereocenters. The summed E-state index contributed by atoms with van der Waals surface area (Å²) in [7, 11) is 0. The summed E-state index contributed by atoms with van der Waals surface area (Å²) in [6.07, 6.45) is 0.471. The van der Waals surface area contributed by atoms with Gasteiger partial charge in [0.05, 0.1) is 18.8 Å². The number of nitrogens with zero attached hydrogens (tertiary/aromatic N) is 3. The van der Waals surface area contributed by atoms with Crippen molar-refractivity contribution in [2.75, 3.05) is 13.2 Å². The molecule has 23 heavy (non-hydrogen) atoms. The molecule has 0 fully saturated rings. The van der Waals surface area contributed by atoms with Gasteiger partial charge in [0.15, 0.2) is 0 Å². The van der Waals surface area contributed by atoms with Gasteiger partial charge in [0, 0.05) is 18.7 Å². The van der Waals surface area contributed by atoms with Crippen LogP contribution in [0.4, 0.5) is 4.79 Å². The number of thioether (sulfide) groups is 1. The minimum Gasteiger partial charge on any atom is -0.450 e. The second-order valence-electron chi connectivity index (χ2n) is 5.30. The second-order valence-corrected chi connectivity index (χ2v) is 6.29. The summed E-state index contributed by atoms with van der Waals surface area (Å²) in [5.41, 5.74) is 3.30. The first-order valence-corrected chi connectivity index (χ1v) is 8.68. The van der Waals surface area contributed by atoms with Crippen LogP contribution in [0.1, 0.15) is 23.7 Å². The number of fused-ring (bicyclic) bond motifs is 1. The molecule has 0 unspecified atom stereocenters. The number of amides is 1. The molecule has 0 radical (unpaired) electrons. The lowest BCUT2D eigenvalue weighted by Crippen LogP contribution is -2.36. The molecule has 1 aliphatic rings. The van der Waals surface area contributed by atoms with Crippen molar-refractivity contribution in [3.05, 3.63) is 53.2 Å². The average molecular weight is 329 g/mol. The fraction of sp³-hybridized carbons (Fsp3) is 0.353. The highest BCUT2D eigenvalue weighted by Crippen LogP contribution is 2.24. The predicted octanol–water partition coefficient (Wildman–Crippen LogP) is 3.28. The van der Waals surface area contributed by atoms with Crippen LogP contribution in [0, 0.1) is 0 Å². The van der Waals surface area contributed by atoms with E-state index in [1.807, 2.05) is 31.2 Å². The highest BCUT2D eigenvalue weighted by molar-refractivity contribution is 7.98. The van der Waals surface area contributed by atoms with Gasteiger partial charge < -0.3 is 9.64 Å². The highest BCUT2D eigenvalue weighted by atomic mass is 32.2. The number of carbonyl (C=O) groups excluding carboxylic acids is 1. The number of ether oxygens (including phenoxy) is 1. The molecule has 0 spiro atoms. The van der Waals surface area contributed by atoms with Gasteiger partial charge in [-0.1, -0.05) is 42.1 Å². The summed E-state index contributed by atoms with van der Waals surface area (Å²) in [6, 6.07) is 12.3. The van der Waals surface area contributed by atoms with E-state index in [-0.39, 0.29) is 6.09 Å². The van der Waals surface area contributed by atoms with Crippen molar-refractivity contribution < 1.29 is 9.53 Å². The van der Waals surface area contributed by atoms with E-state index in [1.165, 1.54) is 5.56 Å². The van der Waals surface area contributed by atoms with Crippen LogP contribution in [0.3, 0.4) is 0 Å². The third kappa shape index (κ3) is 4.01. The van der Waals surface area contributed by atoms with E-state index in [2.05, 4.69) is 22.3 Å². The predicted molar refractivity (Wildman–Crippen MR) is 89.2 cm³/mol. The minimum atomic E-state index is -0.256. The average Bonchev–Trinajstić information content (AvgIpc) is 2.60. The van der Waals surface area contributed by atoms with Crippen molar-refractivity contribution in [2.45, 2.75) is 30.7 Å². The van der Waals surface area contributed by atoms with E-state index in [1.54, 1.807) is 16.7 Å².